The van der Waals surface area contributed by atoms with Gasteiger partial charge < -0.3 is 15.1 Å². The molecule has 0 aromatic heterocycles. The van der Waals surface area contributed by atoms with Crippen molar-refractivity contribution in [2.45, 2.75) is 39.7 Å². The molecular weight excluding hydrogens is 302 g/mol. The fourth-order valence-corrected chi connectivity index (χ4v) is 3.12. The Morgan fingerprint density at radius 2 is 1.62 bits per heavy atom. The molecule has 24 heavy (non-hydrogen) atoms. The van der Waals surface area contributed by atoms with Gasteiger partial charge in [-0.05, 0) is 24.8 Å². The van der Waals surface area contributed by atoms with Gasteiger partial charge >= 0.3 is 6.03 Å². The van der Waals surface area contributed by atoms with Crippen molar-refractivity contribution < 1.29 is 9.59 Å². The van der Waals surface area contributed by atoms with Gasteiger partial charge in [0.1, 0.15) is 0 Å². The number of urea groups is 1. The minimum atomic E-state index is -0.0457. The lowest BCUT2D eigenvalue weighted by molar-refractivity contribution is -0.135. The van der Waals surface area contributed by atoms with E-state index in [2.05, 4.69) is 19.2 Å². The second-order valence-corrected chi connectivity index (χ2v) is 6.32. The maximum atomic E-state index is 12.5. The summed E-state index contributed by atoms with van der Waals surface area (Å²) in [6, 6.07) is 9.85. The standard InChI is InChI=1S/C19H29N3O2/c1-3-17(4-2)18(23)21-11-8-12-22(14-13-21)19(24)20-15-16-9-6-5-7-10-16/h5-7,9-10,17H,3-4,8,11-15H2,1-2H3,(H,20,24). The zero-order chi connectivity index (χ0) is 17.4. The van der Waals surface area contributed by atoms with Gasteiger partial charge in [-0.3, -0.25) is 4.79 Å². The van der Waals surface area contributed by atoms with E-state index in [0.717, 1.165) is 31.4 Å². The molecule has 0 atom stereocenters. The van der Waals surface area contributed by atoms with Crippen molar-refractivity contribution in [3.05, 3.63) is 35.9 Å². The molecule has 1 fully saturated rings. The van der Waals surface area contributed by atoms with Gasteiger partial charge in [0.25, 0.3) is 0 Å². The molecule has 1 aliphatic heterocycles. The lowest BCUT2D eigenvalue weighted by Crippen LogP contribution is -2.43. The molecule has 1 heterocycles. The molecule has 0 spiro atoms. The fraction of sp³-hybridized carbons (Fsp3) is 0.579. The number of hydrogen-bond acceptors (Lipinski definition) is 2. The molecule has 0 aliphatic carbocycles. The van der Waals surface area contributed by atoms with E-state index in [0.29, 0.717) is 26.2 Å². The molecule has 1 aromatic rings. The number of amides is 3. The van der Waals surface area contributed by atoms with Crippen molar-refractivity contribution in [2.24, 2.45) is 5.92 Å². The highest BCUT2D eigenvalue weighted by atomic mass is 16.2. The maximum absolute atomic E-state index is 12.5. The van der Waals surface area contributed by atoms with Crippen LogP contribution in [0.2, 0.25) is 0 Å². The van der Waals surface area contributed by atoms with E-state index in [1.165, 1.54) is 0 Å². The predicted octanol–water partition coefficient (Wildman–Crippen LogP) is 2.87. The molecule has 0 radical (unpaired) electrons. The molecule has 3 amide bonds. The Hall–Kier alpha value is -2.04. The summed E-state index contributed by atoms with van der Waals surface area (Å²) in [6.45, 7) is 7.35. The summed E-state index contributed by atoms with van der Waals surface area (Å²) in [6.07, 6.45) is 2.60. The fourth-order valence-electron chi connectivity index (χ4n) is 3.12. The largest absolute Gasteiger partial charge is 0.341 e. The van der Waals surface area contributed by atoms with Crippen molar-refractivity contribution in [3.8, 4) is 0 Å². The topological polar surface area (TPSA) is 52.7 Å². The zero-order valence-corrected chi connectivity index (χ0v) is 14.8. The van der Waals surface area contributed by atoms with Gasteiger partial charge in [0.2, 0.25) is 5.91 Å². The van der Waals surface area contributed by atoms with Crippen LogP contribution in [0.5, 0.6) is 0 Å². The lowest BCUT2D eigenvalue weighted by Gasteiger charge is -2.25. The van der Waals surface area contributed by atoms with Crippen molar-refractivity contribution in [1.82, 2.24) is 15.1 Å². The second kappa shape index (κ2) is 9.30. The summed E-state index contributed by atoms with van der Waals surface area (Å²) in [5, 5.41) is 2.97. The van der Waals surface area contributed by atoms with Gasteiger partial charge in [-0.15, -0.1) is 0 Å². The molecular formula is C19H29N3O2. The molecule has 1 aliphatic rings. The van der Waals surface area contributed by atoms with Gasteiger partial charge in [0.05, 0.1) is 0 Å². The number of carbonyl (C=O) groups excluding carboxylic acids is 2. The average Bonchev–Trinajstić information content (AvgIpc) is 2.87. The Kier molecular flexibility index (Phi) is 7.09. The van der Waals surface area contributed by atoms with Crippen LogP contribution in [0.1, 0.15) is 38.7 Å². The first-order chi connectivity index (χ1) is 11.7. The first-order valence-corrected chi connectivity index (χ1v) is 9.01. The van der Waals surface area contributed by atoms with Crippen LogP contribution in [0.4, 0.5) is 4.79 Å². The Morgan fingerprint density at radius 3 is 2.29 bits per heavy atom. The number of benzene rings is 1. The van der Waals surface area contributed by atoms with Crippen LogP contribution in [0.25, 0.3) is 0 Å². The van der Waals surface area contributed by atoms with E-state index in [1.807, 2.05) is 40.1 Å². The van der Waals surface area contributed by atoms with Crippen LogP contribution in [0.3, 0.4) is 0 Å². The third-order valence-corrected chi connectivity index (χ3v) is 4.72. The molecule has 2 rings (SSSR count). The van der Waals surface area contributed by atoms with E-state index in [4.69, 9.17) is 0 Å². The predicted molar refractivity (Wildman–Crippen MR) is 95.5 cm³/mol. The van der Waals surface area contributed by atoms with Crippen LogP contribution in [0, 0.1) is 5.92 Å². The number of carbonyl (C=O) groups is 2. The van der Waals surface area contributed by atoms with Gasteiger partial charge in [-0.25, -0.2) is 4.79 Å². The summed E-state index contributed by atoms with van der Waals surface area (Å²) in [5.41, 5.74) is 1.09. The minimum Gasteiger partial charge on any atom is -0.341 e. The lowest BCUT2D eigenvalue weighted by atomic mass is 10.0. The van der Waals surface area contributed by atoms with E-state index in [-0.39, 0.29) is 17.9 Å². The van der Waals surface area contributed by atoms with E-state index in [9.17, 15) is 9.59 Å². The smallest absolute Gasteiger partial charge is 0.317 e. The van der Waals surface area contributed by atoms with Crippen molar-refractivity contribution in [3.63, 3.8) is 0 Å². The van der Waals surface area contributed by atoms with E-state index < -0.39 is 0 Å². The number of hydrogen-bond donors (Lipinski definition) is 1. The van der Waals surface area contributed by atoms with Crippen LogP contribution < -0.4 is 5.32 Å². The first kappa shape index (κ1) is 18.3. The van der Waals surface area contributed by atoms with E-state index in [1.54, 1.807) is 0 Å². The third-order valence-electron chi connectivity index (χ3n) is 4.72. The third kappa shape index (κ3) is 4.98. The second-order valence-electron chi connectivity index (χ2n) is 6.32. The monoisotopic (exact) mass is 331 g/mol. The van der Waals surface area contributed by atoms with Crippen LogP contribution in [-0.4, -0.2) is 47.9 Å². The number of nitrogens with one attached hydrogen (secondary N) is 1. The summed E-state index contributed by atoms with van der Waals surface area (Å²) in [7, 11) is 0. The highest BCUT2D eigenvalue weighted by Gasteiger charge is 2.25. The molecule has 1 N–H and O–H groups in total. The SMILES string of the molecule is CCC(CC)C(=O)N1CCCN(C(=O)NCc2ccccc2)CC1. The van der Waals surface area contributed by atoms with Gasteiger partial charge in [0, 0.05) is 38.6 Å². The number of rotatable bonds is 5. The van der Waals surface area contributed by atoms with Crippen molar-refractivity contribution in [1.29, 1.82) is 0 Å². The van der Waals surface area contributed by atoms with Gasteiger partial charge in [0.15, 0.2) is 0 Å². The Balaban J connectivity index is 1.83. The summed E-state index contributed by atoms with van der Waals surface area (Å²) in [4.78, 5) is 28.6. The van der Waals surface area contributed by atoms with Crippen molar-refractivity contribution >= 4 is 11.9 Å². The Labute approximate surface area is 145 Å². The van der Waals surface area contributed by atoms with Crippen LogP contribution in [-0.2, 0) is 11.3 Å². The highest BCUT2D eigenvalue weighted by Crippen LogP contribution is 2.14. The highest BCUT2D eigenvalue weighted by molar-refractivity contribution is 5.79. The maximum Gasteiger partial charge on any atom is 0.317 e. The molecule has 0 unspecified atom stereocenters. The molecule has 1 aromatic carbocycles. The van der Waals surface area contributed by atoms with E-state index >= 15 is 0 Å². The first-order valence-electron chi connectivity index (χ1n) is 9.01. The zero-order valence-electron chi connectivity index (χ0n) is 14.8. The summed E-state index contributed by atoms with van der Waals surface area (Å²) >= 11 is 0. The average molecular weight is 331 g/mol. The van der Waals surface area contributed by atoms with Crippen molar-refractivity contribution in [2.75, 3.05) is 26.2 Å². The van der Waals surface area contributed by atoms with Gasteiger partial charge in [-0.2, -0.15) is 0 Å². The molecule has 5 heteroatoms. The molecule has 1 saturated heterocycles. The molecule has 5 nitrogen and oxygen atoms in total. The number of nitrogens with zero attached hydrogens (tertiary/aromatic N) is 2. The normalized spacial score (nSPS) is 15.3. The van der Waals surface area contributed by atoms with Crippen LogP contribution in [0.15, 0.2) is 30.3 Å². The Morgan fingerprint density at radius 1 is 1.00 bits per heavy atom. The minimum absolute atomic E-state index is 0.0457. The summed E-state index contributed by atoms with van der Waals surface area (Å²) in [5.74, 6) is 0.356. The summed E-state index contributed by atoms with van der Waals surface area (Å²) < 4.78 is 0. The molecule has 0 saturated carbocycles. The molecule has 132 valence electrons. The van der Waals surface area contributed by atoms with Crippen LogP contribution >= 0.6 is 0 Å². The quantitative estimate of drug-likeness (QED) is 0.902. The Bertz CT molecular complexity index is 529. The molecule has 0 bridgehead atoms. The van der Waals surface area contributed by atoms with Gasteiger partial charge in [-0.1, -0.05) is 44.2 Å².